The van der Waals surface area contributed by atoms with E-state index < -0.39 is 0 Å². The van der Waals surface area contributed by atoms with E-state index >= 15 is 0 Å². The highest BCUT2D eigenvalue weighted by Crippen LogP contribution is 2.27. The van der Waals surface area contributed by atoms with Crippen molar-refractivity contribution >= 4 is 17.5 Å². The van der Waals surface area contributed by atoms with Crippen molar-refractivity contribution in [2.24, 2.45) is 0 Å². The molecule has 2 aromatic rings. The molecular weight excluding hydrogens is 290 g/mol. The van der Waals surface area contributed by atoms with Crippen LogP contribution in [0.2, 0.25) is 5.02 Å². The van der Waals surface area contributed by atoms with Gasteiger partial charge >= 0.3 is 0 Å². The van der Waals surface area contributed by atoms with Crippen molar-refractivity contribution in [1.29, 1.82) is 0 Å². The molecule has 0 saturated carbocycles. The van der Waals surface area contributed by atoms with Crippen molar-refractivity contribution in [3.8, 4) is 0 Å². The molecule has 1 amide bonds. The standard InChI is InChI=1S/C15H16ClN3O2/c1-9-7-11(3-4-13(9)16)15(20)19-6-5-12(8-19)14-17-10(2)18-21-14/h3-4,7,12H,5-6,8H2,1-2H3. The van der Waals surface area contributed by atoms with Crippen LogP contribution in [0.3, 0.4) is 0 Å². The van der Waals surface area contributed by atoms with Crippen LogP contribution < -0.4 is 0 Å². The van der Waals surface area contributed by atoms with Crippen LogP contribution >= 0.6 is 11.6 Å². The Morgan fingerprint density at radius 2 is 2.24 bits per heavy atom. The summed E-state index contributed by atoms with van der Waals surface area (Å²) in [6, 6.07) is 5.36. The molecule has 1 fully saturated rings. The third-order valence-electron chi connectivity index (χ3n) is 3.77. The summed E-state index contributed by atoms with van der Waals surface area (Å²) in [5.41, 5.74) is 1.57. The number of aromatic nitrogens is 2. The van der Waals surface area contributed by atoms with Gasteiger partial charge in [-0.2, -0.15) is 4.98 Å². The summed E-state index contributed by atoms with van der Waals surface area (Å²) in [5, 5.41) is 4.48. The van der Waals surface area contributed by atoms with Gasteiger partial charge in [0.25, 0.3) is 5.91 Å². The number of amides is 1. The van der Waals surface area contributed by atoms with Crippen molar-refractivity contribution in [2.75, 3.05) is 13.1 Å². The van der Waals surface area contributed by atoms with Gasteiger partial charge in [-0.1, -0.05) is 16.8 Å². The molecule has 21 heavy (non-hydrogen) atoms. The number of benzene rings is 1. The van der Waals surface area contributed by atoms with Crippen LogP contribution in [-0.2, 0) is 0 Å². The predicted octanol–water partition coefficient (Wildman–Crippen LogP) is 2.97. The minimum atomic E-state index is 0.0218. The van der Waals surface area contributed by atoms with Crippen LogP contribution in [0.4, 0.5) is 0 Å². The Balaban J connectivity index is 1.73. The summed E-state index contributed by atoms with van der Waals surface area (Å²) in [7, 11) is 0. The average molecular weight is 306 g/mol. The third kappa shape index (κ3) is 2.78. The number of hydrogen-bond donors (Lipinski definition) is 0. The fraction of sp³-hybridized carbons (Fsp3) is 0.400. The Morgan fingerprint density at radius 1 is 1.43 bits per heavy atom. The molecule has 1 aromatic heterocycles. The van der Waals surface area contributed by atoms with E-state index in [4.69, 9.17) is 16.1 Å². The Hall–Kier alpha value is -1.88. The summed E-state index contributed by atoms with van der Waals surface area (Å²) in [4.78, 5) is 18.6. The highest BCUT2D eigenvalue weighted by molar-refractivity contribution is 6.31. The van der Waals surface area contributed by atoms with Crippen molar-refractivity contribution in [1.82, 2.24) is 15.0 Å². The fourth-order valence-electron chi connectivity index (χ4n) is 2.59. The van der Waals surface area contributed by atoms with E-state index in [2.05, 4.69) is 10.1 Å². The fourth-order valence-corrected chi connectivity index (χ4v) is 2.70. The largest absolute Gasteiger partial charge is 0.339 e. The minimum Gasteiger partial charge on any atom is -0.339 e. The highest BCUT2D eigenvalue weighted by Gasteiger charge is 2.31. The molecule has 1 aliphatic rings. The lowest BCUT2D eigenvalue weighted by Gasteiger charge is -2.16. The molecule has 1 atom stereocenters. The van der Waals surface area contributed by atoms with Gasteiger partial charge in [0.05, 0.1) is 5.92 Å². The number of likely N-dealkylation sites (tertiary alicyclic amines) is 1. The van der Waals surface area contributed by atoms with Crippen LogP contribution in [0.5, 0.6) is 0 Å². The van der Waals surface area contributed by atoms with Gasteiger partial charge in [0.1, 0.15) is 0 Å². The Bertz CT molecular complexity index is 683. The SMILES string of the molecule is Cc1noc(C2CCN(C(=O)c3ccc(Cl)c(C)c3)C2)n1. The van der Waals surface area contributed by atoms with Crippen molar-refractivity contribution < 1.29 is 9.32 Å². The van der Waals surface area contributed by atoms with E-state index in [1.165, 1.54) is 0 Å². The molecule has 110 valence electrons. The second-order valence-corrected chi connectivity index (χ2v) is 5.79. The zero-order chi connectivity index (χ0) is 15.0. The minimum absolute atomic E-state index is 0.0218. The molecule has 0 N–H and O–H groups in total. The molecule has 0 aliphatic carbocycles. The second-order valence-electron chi connectivity index (χ2n) is 5.38. The smallest absolute Gasteiger partial charge is 0.253 e. The number of halogens is 1. The van der Waals surface area contributed by atoms with Gasteiger partial charge < -0.3 is 9.42 Å². The Morgan fingerprint density at radius 3 is 2.90 bits per heavy atom. The summed E-state index contributed by atoms with van der Waals surface area (Å²) >= 11 is 6.00. The summed E-state index contributed by atoms with van der Waals surface area (Å²) < 4.78 is 5.20. The van der Waals surface area contributed by atoms with E-state index in [9.17, 15) is 4.79 Å². The second kappa shape index (κ2) is 5.48. The maximum absolute atomic E-state index is 12.5. The number of nitrogens with zero attached hydrogens (tertiary/aromatic N) is 3. The molecule has 0 radical (unpaired) electrons. The van der Waals surface area contributed by atoms with Crippen LogP contribution in [-0.4, -0.2) is 34.0 Å². The molecule has 3 rings (SSSR count). The van der Waals surface area contributed by atoms with Crippen molar-refractivity contribution in [3.05, 3.63) is 46.1 Å². The molecule has 1 unspecified atom stereocenters. The van der Waals surface area contributed by atoms with Gasteiger partial charge in [-0.05, 0) is 44.0 Å². The molecule has 6 heteroatoms. The van der Waals surface area contributed by atoms with E-state index in [0.29, 0.717) is 35.4 Å². The van der Waals surface area contributed by atoms with E-state index in [1.807, 2.05) is 17.9 Å². The number of aryl methyl sites for hydroxylation is 2. The van der Waals surface area contributed by atoms with Crippen LogP contribution in [0.25, 0.3) is 0 Å². The van der Waals surface area contributed by atoms with E-state index in [1.54, 1.807) is 19.1 Å². The van der Waals surface area contributed by atoms with Gasteiger partial charge in [-0.25, -0.2) is 0 Å². The lowest BCUT2D eigenvalue weighted by atomic mass is 10.1. The lowest BCUT2D eigenvalue weighted by molar-refractivity contribution is 0.0789. The van der Waals surface area contributed by atoms with Gasteiger partial charge in [0.15, 0.2) is 5.82 Å². The first kappa shape index (κ1) is 14.1. The molecule has 1 aliphatic heterocycles. The molecule has 0 spiro atoms. The first-order valence-electron chi connectivity index (χ1n) is 6.90. The zero-order valence-electron chi connectivity index (χ0n) is 12.0. The van der Waals surface area contributed by atoms with Gasteiger partial charge in [0, 0.05) is 23.7 Å². The van der Waals surface area contributed by atoms with Gasteiger partial charge in [-0.3, -0.25) is 4.79 Å². The van der Waals surface area contributed by atoms with Crippen LogP contribution in [0.15, 0.2) is 22.7 Å². The number of hydrogen-bond acceptors (Lipinski definition) is 4. The topological polar surface area (TPSA) is 59.2 Å². The predicted molar refractivity (Wildman–Crippen MR) is 78.5 cm³/mol. The van der Waals surface area contributed by atoms with Gasteiger partial charge in [-0.15, -0.1) is 0 Å². The summed E-state index contributed by atoms with van der Waals surface area (Å²) in [5.74, 6) is 1.40. The van der Waals surface area contributed by atoms with Crippen LogP contribution in [0, 0.1) is 13.8 Å². The monoisotopic (exact) mass is 305 g/mol. The molecule has 1 saturated heterocycles. The van der Waals surface area contributed by atoms with Crippen LogP contribution in [0.1, 0.15) is 40.0 Å². The molecule has 2 heterocycles. The third-order valence-corrected chi connectivity index (χ3v) is 4.20. The Kier molecular flexibility index (Phi) is 3.68. The van der Waals surface area contributed by atoms with Crippen molar-refractivity contribution in [3.63, 3.8) is 0 Å². The van der Waals surface area contributed by atoms with Gasteiger partial charge in [0.2, 0.25) is 5.89 Å². The molecule has 1 aromatic carbocycles. The first-order valence-corrected chi connectivity index (χ1v) is 7.28. The molecule has 0 bridgehead atoms. The first-order chi connectivity index (χ1) is 10.0. The average Bonchev–Trinajstić information content (AvgIpc) is 3.09. The van der Waals surface area contributed by atoms with E-state index in [0.717, 1.165) is 12.0 Å². The lowest BCUT2D eigenvalue weighted by Crippen LogP contribution is -2.28. The summed E-state index contributed by atoms with van der Waals surface area (Å²) in [6.45, 7) is 5.00. The number of carbonyl (C=O) groups is 1. The molecule has 5 nitrogen and oxygen atoms in total. The molecular formula is C15H16ClN3O2. The normalized spacial score (nSPS) is 18.2. The number of rotatable bonds is 2. The number of carbonyl (C=O) groups excluding carboxylic acids is 1. The maximum Gasteiger partial charge on any atom is 0.253 e. The van der Waals surface area contributed by atoms with E-state index in [-0.39, 0.29) is 11.8 Å². The quantitative estimate of drug-likeness (QED) is 0.856. The Labute approximate surface area is 127 Å². The zero-order valence-corrected chi connectivity index (χ0v) is 12.7. The highest BCUT2D eigenvalue weighted by atomic mass is 35.5. The van der Waals surface area contributed by atoms with Crippen molar-refractivity contribution in [2.45, 2.75) is 26.2 Å². The maximum atomic E-state index is 12.5. The summed E-state index contributed by atoms with van der Waals surface area (Å²) in [6.07, 6.45) is 0.847.